The van der Waals surface area contributed by atoms with Crippen molar-refractivity contribution in [3.63, 3.8) is 0 Å². The predicted octanol–water partition coefficient (Wildman–Crippen LogP) is 3.82. The first-order chi connectivity index (χ1) is 11.5. The van der Waals surface area contributed by atoms with Crippen molar-refractivity contribution >= 4 is 11.6 Å². The van der Waals surface area contributed by atoms with Crippen LogP contribution in [0.2, 0.25) is 5.02 Å². The number of hydrogen-bond acceptors (Lipinski definition) is 4. The molecule has 5 nitrogen and oxygen atoms in total. The topological polar surface area (TPSA) is 48.3 Å². The zero-order valence-corrected chi connectivity index (χ0v) is 15.4. The van der Waals surface area contributed by atoms with Gasteiger partial charge in [-0.1, -0.05) is 37.6 Å². The molecule has 0 fully saturated rings. The average Bonchev–Trinajstić information content (AvgIpc) is 2.89. The molecule has 0 bridgehead atoms. The van der Waals surface area contributed by atoms with Gasteiger partial charge in [0.2, 0.25) is 5.88 Å². The maximum atomic E-state index is 6.26. The summed E-state index contributed by atoms with van der Waals surface area (Å²) < 4.78 is 13.1. The summed E-state index contributed by atoms with van der Waals surface area (Å²) in [6.07, 6.45) is 0.910. The first-order valence-electron chi connectivity index (χ1n) is 8.27. The Hall–Kier alpha value is -1.72. The molecular weight excluding hydrogens is 326 g/mol. The molecule has 0 radical (unpaired) electrons. The molecule has 0 amide bonds. The third-order valence-electron chi connectivity index (χ3n) is 4.41. The fraction of sp³-hybridized carbons (Fsp3) is 0.500. The molecule has 2 aromatic rings. The molecule has 0 saturated carbocycles. The van der Waals surface area contributed by atoms with E-state index in [1.165, 1.54) is 0 Å². The van der Waals surface area contributed by atoms with Crippen LogP contribution in [0.4, 0.5) is 0 Å². The summed E-state index contributed by atoms with van der Waals surface area (Å²) in [4.78, 5) is 0. The Morgan fingerprint density at radius 2 is 2.25 bits per heavy atom. The smallest absolute Gasteiger partial charge is 0.216 e. The van der Waals surface area contributed by atoms with Gasteiger partial charge in [0, 0.05) is 31.6 Å². The highest BCUT2D eigenvalue weighted by Gasteiger charge is 2.25. The van der Waals surface area contributed by atoms with Gasteiger partial charge in [0.25, 0.3) is 0 Å². The Morgan fingerprint density at radius 1 is 1.46 bits per heavy atom. The number of nitrogens with one attached hydrogen (secondary N) is 1. The van der Waals surface area contributed by atoms with Crippen molar-refractivity contribution in [1.29, 1.82) is 0 Å². The van der Waals surface area contributed by atoms with Crippen LogP contribution in [0.15, 0.2) is 18.2 Å². The number of halogens is 1. The number of aryl methyl sites for hydroxylation is 1. The van der Waals surface area contributed by atoms with Crippen LogP contribution < -0.4 is 14.8 Å². The van der Waals surface area contributed by atoms with E-state index in [1.807, 2.05) is 19.2 Å². The van der Waals surface area contributed by atoms with Crippen molar-refractivity contribution in [3.05, 3.63) is 40.0 Å². The fourth-order valence-corrected chi connectivity index (χ4v) is 3.52. The maximum Gasteiger partial charge on any atom is 0.216 e. The molecule has 24 heavy (non-hydrogen) atoms. The number of hydrogen-bond donors (Lipinski definition) is 1. The van der Waals surface area contributed by atoms with E-state index in [9.17, 15) is 0 Å². The molecule has 0 aliphatic carbocycles. The second kappa shape index (κ2) is 7.03. The second-order valence-electron chi connectivity index (χ2n) is 6.38. The van der Waals surface area contributed by atoms with Crippen LogP contribution in [-0.2, 0) is 13.6 Å². The zero-order chi connectivity index (χ0) is 17.3. The first-order valence-corrected chi connectivity index (χ1v) is 8.65. The Kier molecular flexibility index (Phi) is 5.01. The van der Waals surface area contributed by atoms with E-state index < -0.39 is 0 Å². The van der Waals surface area contributed by atoms with Gasteiger partial charge < -0.3 is 14.8 Å². The fourth-order valence-electron chi connectivity index (χ4n) is 3.28. The lowest BCUT2D eigenvalue weighted by Gasteiger charge is -2.27. The van der Waals surface area contributed by atoms with Crippen LogP contribution in [0.25, 0.3) is 0 Å². The number of methoxy groups -OCH3 is 1. The summed E-state index contributed by atoms with van der Waals surface area (Å²) in [7, 11) is 3.60. The molecule has 2 heterocycles. The SMILES string of the molecule is COc1c(CN[C@H]2CCOc3c(Cl)cccc32)c(C(C)C)nn1C. The highest BCUT2D eigenvalue weighted by Crippen LogP contribution is 2.38. The van der Waals surface area contributed by atoms with E-state index in [0.29, 0.717) is 24.1 Å². The monoisotopic (exact) mass is 349 g/mol. The molecule has 1 atom stereocenters. The minimum Gasteiger partial charge on any atom is -0.492 e. The minimum absolute atomic E-state index is 0.206. The van der Waals surface area contributed by atoms with Crippen molar-refractivity contribution in [1.82, 2.24) is 15.1 Å². The molecule has 1 aliphatic rings. The van der Waals surface area contributed by atoms with Crippen molar-refractivity contribution < 1.29 is 9.47 Å². The van der Waals surface area contributed by atoms with Gasteiger partial charge in [-0.15, -0.1) is 0 Å². The molecule has 1 N–H and O–H groups in total. The van der Waals surface area contributed by atoms with E-state index in [-0.39, 0.29) is 6.04 Å². The van der Waals surface area contributed by atoms with Crippen LogP contribution >= 0.6 is 11.6 Å². The lowest BCUT2D eigenvalue weighted by Crippen LogP contribution is -2.27. The van der Waals surface area contributed by atoms with Crippen molar-refractivity contribution in [2.24, 2.45) is 7.05 Å². The predicted molar refractivity (Wildman–Crippen MR) is 95.0 cm³/mol. The van der Waals surface area contributed by atoms with E-state index in [2.05, 4.69) is 30.3 Å². The summed E-state index contributed by atoms with van der Waals surface area (Å²) in [6, 6.07) is 6.11. The summed E-state index contributed by atoms with van der Waals surface area (Å²) in [6.45, 7) is 5.65. The van der Waals surface area contributed by atoms with Gasteiger partial charge in [0.15, 0.2) is 0 Å². The Bertz CT molecular complexity index is 727. The zero-order valence-electron chi connectivity index (χ0n) is 14.6. The van der Waals surface area contributed by atoms with Gasteiger partial charge in [-0.2, -0.15) is 5.10 Å². The first kappa shape index (κ1) is 17.1. The molecule has 1 aliphatic heterocycles. The quantitative estimate of drug-likeness (QED) is 0.891. The number of rotatable bonds is 5. The minimum atomic E-state index is 0.206. The second-order valence-corrected chi connectivity index (χ2v) is 6.79. The Morgan fingerprint density at radius 3 is 2.96 bits per heavy atom. The number of para-hydroxylation sites is 1. The lowest BCUT2D eigenvalue weighted by atomic mass is 9.99. The van der Waals surface area contributed by atoms with Crippen molar-refractivity contribution in [2.75, 3.05) is 13.7 Å². The normalized spacial score (nSPS) is 16.8. The van der Waals surface area contributed by atoms with Gasteiger partial charge in [-0.3, -0.25) is 0 Å². The lowest BCUT2D eigenvalue weighted by molar-refractivity contribution is 0.252. The van der Waals surface area contributed by atoms with Crippen LogP contribution in [0, 0.1) is 0 Å². The van der Waals surface area contributed by atoms with E-state index in [4.69, 9.17) is 21.1 Å². The molecule has 0 saturated heterocycles. The van der Waals surface area contributed by atoms with Crippen LogP contribution in [0.5, 0.6) is 11.6 Å². The standard InChI is InChI=1S/C18H24ClN3O2/c1-11(2)16-13(18(23-4)22(3)21-16)10-20-15-8-9-24-17-12(15)6-5-7-14(17)19/h5-7,11,15,20H,8-10H2,1-4H3/t15-/m0/s1. The molecule has 6 heteroatoms. The molecule has 1 aromatic heterocycles. The molecule has 0 spiro atoms. The molecule has 1 aromatic carbocycles. The van der Waals surface area contributed by atoms with Gasteiger partial charge >= 0.3 is 0 Å². The highest BCUT2D eigenvalue weighted by atomic mass is 35.5. The summed E-state index contributed by atoms with van der Waals surface area (Å²) in [5, 5.41) is 8.91. The highest BCUT2D eigenvalue weighted by molar-refractivity contribution is 6.32. The van der Waals surface area contributed by atoms with Gasteiger partial charge in [0.1, 0.15) is 5.75 Å². The van der Waals surface area contributed by atoms with Crippen LogP contribution in [0.3, 0.4) is 0 Å². The van der Waals surface area contributed by atoms with E-state index in [0.717, 1.165) is 34.9 Å². The Labute approximate surface area is 147 Å². The average molecular weight is 350 g/mol. The number of nitrogens with zero attached hydrogens (tertiary/aromatic N) is 2. The van der Waals surface area contributed by atoms with Crippen molar-refractivity contribution in [2.45, 2.75) is 38.8 Å². The van der Waals surface area contributed by atoms with Crippen LogP contribution in [-0.4, -0.2) is 23.5 Å². The summed E-state index contributed by atoms with van der Waals surface area (Å²) >= 11 is 6.26. The summed E-state index contributed by atoms with van der Waals surface area (Å²) in [5.41, 5.74) is 3.30. The number of ether oxygens (including phenoxy) is 2. The van der Waals surface area contributed by atoms with Crippen molar-refractivity contribution in [3.8, 4) is 11.6 Å². The van der Waals surface area contributed by atoms with Gasteiger partial charge in [-0.05, 0) is 12.0 Å². The summed E-state index contributed by atoms with van der Waals surface area (Å²) in [5.74, 6) is 1.95. The maximum absolute atomic E-state index is 6.26. The molecule has 130 valence electrons. The van der Waals surface area contributed by atoms with E-state index >= 15 is 0 Å². The largest absolute Gasteiger partial charge is 0.492 e. The number of aromatic nitrogens is 2. The van der Waals surface area contributed by atoms with Crippen LogP contribution in [0.1, 0.15) is 49.0 Å². The van der Waals surface area contributed by atoms with Gasteiger partial charge in [0.05, 0.1) is 30.0 Å². The molecule has 0 unspecified atom stereocenters. The van der Waals surface area contributed by atoms with Gasteiger partial charge in [-0.25, -0.2) is 4.68 Å². The Balaban J connectivity index is 1.84. The number of benzene rings is 1. The third-order valence-corrected chi connectivity index (χ3v) is 4.71. The number of fused-ring (bicyclic) bond motifs is 1. The van der Waals surface area contributed by atoms with E-state index in [1.54, 1.807) is 11.8 Å². The molecule has 3 rings (SSSR count). The third kappa shape index (κ3) is 3.10. The molecular formula is C18H24ClN3O2.